The first kappa shape index (κ1) is 55.6. The number of hydrogen-bond acceptors (Lipinski definition) is 18. The lowest BCUT2D eigenvalue weighted by Gasteiger charge is -2.46. The Balaban J connectivity index is 1.28. The van der Waals surface area contributed by atoms with Gasteiger partial charge < -0.3 is 47.7 Å². The minimum absolute atomic E-state index is 0.00753. The predicted octanol–water partition coefficient (Wildman–Crippen LogP) is 7.50. The standard InChI is InChI=1S/C61H50O18/c62-36-47(73-56(66)41-26-12-3-13-27-41)50(75-57(67)42-28-14-4-15-29-42)49(46(63)37-71-54(64)39-22-8-1-9-23-39)79-61-53(78-60(70)45-34-20-7-21-35-45)52(77-59(69)44-32-18-6-19-33-44)51(76-58(68)43-30-16-5-17-31-43)48(74-61)38-72-55(65)40-24-10-2-11-25-40/h1-36,46-53,61,63H,37-38H2/t46-,47+,48-,49-,50-,51+,52+,53-,61+/m1/s1. The molecule has 7 aromatic carbocycles. The van der Waals surface area contributed by atoms with Crippen molar-refractivity contribution in [3.8, 4) is 0 Å². The number of aliphatic hydroxyl groups is 1. The first-order valence-corrected chi connectivity index (χ1v) is 24.7. The van der Waals surface area contributed by atoms with Gasteiger partial charge in [0.2, 0.25) is 0 Å². The molecule has 18 nitrogen and oxygen atoms in total. The molecule has 79 heavy (non-hydrogen) atoms. The number of esters is 7. The third kappa shape index (κ3) is 14.9. The topological polar surface area (TPSA) is 240 Å². The van der Waals surface area contributed by atoms with Gasteiger partial charge in [0.25, 0.3) is 0 Å². The van der Waals surface area contributed by atoms with E-state index in [1.807, 2.05) is 0 Å². The first-order chi connectivity index (χ1) is 38.5. The highest BCUT2D eigenvalue weighted by Crippen LogP contribution is 2.34. The zero-order valence-corrected chi connectivity index (χ0v) is 41.8. The number of rotatable bonds is 22. The van der Waals surface area contributed by atoms with Crippen molar-refractivity contribution in [2.24, 2.45) is 0 Å². The second-order valence-corrected chi connectivity index (χ2v) is 17.5. The molecule has 0 bridgehead atoms. The summed E-state index contributed by atoms with van der Waals surface area (Å²) in [6.45, 7) is -1.79. The van der Waals surface area contributed by atoms with Crippen LogP contribution < -0.4 is 0 Å². The summed E-state index contributed by atoms with van der Waals surface area (Å²) < 4.78 is 54.8. The Kier molecular flexibility index (Phi) is 19.3. The Morgan fingerprint density at radius 3 is 1.13 bits per heavy atom. The van der Waals surface area contributed by atoms with Crippen LogP contribution in [0, 0.1) is 0 Å². The van der Waals surface area contributed by atoms with Gasteiger partial charge in [-0.3, -0.25) is 4.79 Å². The van der Waals surface area contributed by atoms with E-state index in [0.29, 0.717) is 0 Å². The third-order valence-electron chi connectivity index (χ3n) is 12.1. The number of hydrogen-bond donors (Lipinski definition) is 1. The molecule has 1 heterocycles. The minimum atomic E-state index is -2.24. The fraction of sp³-hybridized carbons (Fsp3) is 0.180. The molecule has 0 unspecified atom stereocenters. The monoisotopic (exact) mass is 1070 g/mol. The number of carbonyl (C=O) groups is 8. The number of aliphatic hydroxyl groups excluding tert-OH is 1. The summed E-state index contributed by atoms with van der Waals surface area (Å²) >= 11 is 0. The predicted molar refractivity (Wildman–Crippen MR) is 277 cm³/mol. The Labute approximate surface area is 452 Å². The summed E-state index contributed by atoms with van der Waals surface area (Å²) in [6.07, 6.45) is -18.6. The Hall–Kier alpha value is -9.62. The van der Waals surface area contributed by atoms with E-state index >= 15 is 0 Å². The van der Waals surface area contributed by atoms with Gasteiger partial charge in [0, 0.05) is 0 Å². The number of benzene rings is 7. The highest BCUT2D eigenvalue weighted by atomic mass is 16.7. The molecule has 0 saturated carbocycles. The average Bonchev–Trinajstić information content (AvgIpc) is 3.54. The lowest BCUT2D eigenvalue weighted by atomic mass is 9.96. The summed E-state index contributed by atoms with van der Waals surface area (Å²) in [5.41, 5.74) is -0.0744. The van der Waals surface area contributed by atoms with E-state index in [1.54, 1.807) is 91.0 Å². The number of aldehydes is 1. The first-order valence-electron chi connectivity index (χ1n) is 24.7. The van der Waals surface area contributed by atoms with Crippen LogP contribution in [0.5, 0.6) is 0 Å². The molecular formula is C61H50O18. The Morgan fingerprint density at radius 1 is 0.405 bits per heavy atom. The summed E-state index contributed by atoms with van der Waals surface area (Å²) in [6, 6.07) is 52.8. The molecule has 7 aromatic rings. The molecule has 1 N–H and O–H groups in total. The van der Waals surface area contributed by atoms with Crippen LogP contribution in [0.3, 0.4) is 0 Å². The maximum atomic E-state index is 14.4. The quantitative estimate of drug-likeness (QED) is 0.0393. The number of carbonyl (C=O) groups excluding carboxylic acids is 8. The highest BCUT2D eigenvalue weighted by molar-refractivity contribution is 5.93. The highest BCUT2D eigenvalue weighted by Gasteiger charge is 2.56. The van der Waals surface area contributed by atoms with E-state index in [9.17, 15) is 43.5 Å². The molecular weight excluding hydrogens is 1020 g/mol. The van der Waals surface area contributed by atoms with Gasteiger partial charge in [-0.1, -0.05) is 127 Å². The maximum absolute atomic E-state index is 14.4. The molecule has 9 atom stereocenters. The van der Waals surface area contributed by atoms with E-state index in [0.717, 1.165) is 0 Å². The van der Waals surface area contributed by atoms with Crippen molar-refractivity contribution < 1.29 is 86.1 Å². The van der Waals surface area contributed by atoms with Gasteiger partial charge in [0.15, 0.2) is 43.1 Å². The Bertz CT molecular complexity index is 3150. The zero-order chi connectivity index (χ0) is 55.5. The SMILES string of the molecule is O=C[C@H](OC(=O)c1ccccc1)[C@@H](OC(=O)c1ccccc1)[C@H](O[C@@H]1O[C@H](COC(=O)c2ccccc2)[C@H](OC(=O)c2ccccc2)[C@H](OC(=O)c2ccccc2)[C@H]1OC(=O)c1ccccc1)[C@H](O)COC(=O)c1ccccc1. The van der Waals surface area contributed by atoms with Crippen LogP contribution >= 0.6 is 0 Å². The van der Waals surface area contributed by atoms with Crippen LogP contribution in [0.1, 0.15) is 72.5 Å². The molecule has 8 rings (SSSR count). The fourth-order valence-electron chi connectivity index (χ4n) is 8.12. The van der Waals surface area contributed by atoms with E-state index in [1.165, 1.54) is 121 Å². The van der Waals surface area contributed by atoms with E-state index in [4.69, 9.17) is 42.6 Å². The summed E-state index contributed by atoms with van der Waals surface area (Å²) in [5.74, 6) is -7.21. The molecule has 0 amide bonds. The van der Waals surface area contributed by atoms with Crippen molar-refractivity contribution in [1.82, 2.24) is 0 Å². The molecule has 1 aliphatic heterocycles. The van der Waals surface area contributed by atoms with Gasteiger partial charge in [-0.25, -0.2) is 33.6 Å². The summed E-state index contributed by atoms with van der Waals surface area (Å²) in [7, 11) is 0. The van der Waals surface area contributed by atoms with Crippen molar-refractivity contribution in [2.75, 3.05) is 13.2 Å². The van der Waals surface area contributed by atoms with Crippen LogP contribution in [-0.4, -0.2) is 122 Å². The van der Waals surface area contributed by atoms with Crippen LogP contribution in [0.4, 0.5) is 0 Å². The summed E-state index contributed by atoms with van der Waals surface area (Å²) in [4.78, 5) is 112. The second-order valence-electron chi connectivity index (χ2n) is 17.5. The summed E-state index contributed by atoms with van der Waals surface area (Å²) in [5, 5.41) is 12.4. The van der Waals surface area contributed by atoms with Crippen molar-refractivity contribution in [1.29, 1.82) is 0 Å². The molecule has 1 fully saturated rings. The zero-order valence-electron chi connectivity index (χ0n) is 41.8. The average molecular weight is 1070 g/mol. The van der Waals surface area contributed by atoms with Crippen LogP contribution in [0.15, 0.2) is 212 Å². The van der Waals surface area contributed by atoms with E-state index < -0.39 is 110 Å². The fourth-order valence-corrected chi connectivity index (χ4v) is 8.12. The van der Waals surface area contributed by atoms with Crippen molar-refractivity contribution in [2.45, 2.75) is 55.1 Å². The van der Waals surface area contributed by atoms with Crippen LogP contribution in [-0.2, 0) is 47.4 Å². The lowest BCUT2D eigenvalue weighted by Crippen LogP contribution is -2.65. The molecule has 402 valence electrons. The molecule has 1 aliphatic rings. The smallest absolute Gasteiger partial charge is 0.338 e. The van der Waals surface area contributed by atoms with Crippen molar-refractivity contribution >= 4 is 48.1 Å². The van der Waals surface area contributed by atoms with Crippen molar-refractivity contribution in [3.05, 3.63) is 251 Å². The second kappa shape index (κ2) is 27.4. The van der Waals surface area contributed by atoms with Gasteiger partial charge in [0.1, 0.15) is 31.5 Å². The van der Waals surface area contributed by atoms with Crippen LogP contribution in [0.2, 0.25) is 0 Å². The minimum Gasteiger partial charge on any atom is -0.459 e. The van der Waals surface area contributed by atoms with Crippen LogP contribution in [0.25, 0.3) is 0 Å². The van der Waals surface area contributed by atoms with E-state index in [-0.39, 0.29) is 45.2 Å². The number of ether oxygens (including phenoxy) is 9. The largest absolute Gasteiger partial charge is 0.459 e. The van der Waals surface area contributed by atoms with Gasteiger partial charge in [-0.05, 0) is 84.9 Å². The van der Waals surface area contributed by atoms with Gasteiger partial charge in [-0.2, -0.15) is 0 Å². The molecule has 18 heteroatoms. The molecule has 1 saturated heterocycles. The van der Waals surface area contributed by atoms with E-state index in [2.05, 4.69) is 0 Å². The van der Waals surface area contributed by atoms with Gasteiger partial charge in [0.05, 0.1) is 38.9 Å². The van der Waals surface area contributed by atoms with Gasteiger partial charge in [-0.15, -0.1) is 0 Å². The Morgan fingerprint density at radius 2 is 0.734 bits per heavy atom. The lowest BCUT2D eigenvalue weighted by molar-refractivity contribution is -0.323. The molecule has 0 spiro atoms. The molecule has 0 radical (unpaired) electrons. The normalized spacial score (nSPS) is 18.1. The van der Waals surface area contributed by atoms with Gasteiger partial charge >= 0.3 is 41.8 Å². The third-order valence-corrected chi connectivity index (χ3v) is 12.1. The molecule has 0 aromatic heterocycles. The molecule has 0 aliphatic carbocycles. The maximum Gasteiger partial charge on any atom is 0.338 e. The van der Waals surface area contributed by atoms with Crippen molar-refractivity contribution in [3.63, 3.8) is 0 Å².